The Kier molecular flexibility index (Phi) is 1.67. The van der Waals surface area contributed by atoms with Crippen molar-refractivity contribution < 1.29 is 8.78 Å². The van der Waals surface area contributed by atoms with Crippen LogP contribution in [0.4, 0.5) is 8.78 Å². The quantitative estimate of drug-likeness (QED) is 0.495. The minimum absolute atomic E-state index is 0.147. The first kappa shape index (κ1) is 6.49. The fourth-order valence-corrected chi connectivity index (χ4v) is 0.578. The van der Waals surface area contributed by atoms with Gasteiger partial charge in [0.2, 0.25) is 0 Å². The number of rotatable bonds is 0. The molecule has 1 radical (unpaired) electrons. The monoisotopic (exact) mass is 147 g/mol. The van der Waals surface area contributed by atoms with E-state index in [9.17, 15) is 8.78 Å². The topological polar surface area (TPSA) is 0 Å². The van der Waals surface area contributed by atoms with Crippen LogP contribution in [-0.4, -0.2) is 0 Å². The molecule has 0 bridgehead atoms. The van der Waals surface area contributed by atoms with E-state index in [1.807, 2.05) is 6.07 Å². The van der Waals surface area contributed by atoms with E-state index in [2.05, 4.69) is 0 Å². The molecule has 0 atom stereocenters. The van der Waals surface area contributed by atoms with Crippen LogP contribution in [0, 0.1) is 17.7 Å². The van der Waals surface area contributed by atoms with Crippen molar-refractivity contribution in [1.82, 2.24) is 0 Å². The number of hydrogen-bond donors (Lipinski definition) is 0. The van der Waals surface area contributed by atoms with E-state index in [0.717, 1.165) is 6.07 Å². The van der Waals surface area contributed by atoms with Gasteiger partial charge in [-0.15, -0.1) is 0 Å². The van der Waals surface area contributed by atoms with Crippen molar-refractivity contribution in [2.75, 3.05) is 0 Å². The van der Waals surface area contributed by atoms with Crippen molar-refractivity contribution in [3.63, 3.8) is 0 Å². The van der Waals surface area contributed by atoms with Crippen molar-refractivity contribution in [2.24, 2.45) is 0 Å². The van der Waals surface area contributed by atoms with E-state index >= 15 is 0 Å². The Labute approximate surface area is 56.1 Å². The summed E-state index contributed by atoms with van der Waals surface area (Å²) in [6.07, 6.45) is 0. The van der Waals surface area contributed by atoms with E-state index in [1.54, 1.807) is 0 Å². The third-order valence-electron chi connectivity index (χ3n) is 0.811. The van der Waals surface area contributed by atoms with Crippen LogP contribution in [0.25, 0.3) is 0 Å². The van der Waals surface area contributed by atoms with E-state index in [0.29, 0.717) is 0 Å². The molecular formula is C6H2ClF2. The molecular weight excluding hydrogens is 146 g/mol. The second-order valence-corrected chi connectivity index (χ2v) is 1.92. The SMILES string of the molecule is Fc1[c]cc(Cl)cc1F. The molecule has 0 nitrogen and oxygen atoms in total. The molecule has 0 heterocycles. The number of halogens is 3. The van der Waals surface area contributed by atoms with Crippen molar-refractivity contribution >= 4 is 11.6 Å². The van der Waals surface area contributed by atoms with Crippen molar-refractivity contribution in [3.8, 4) is 0 Å². The standard InChI is InChI=1S/C6H2ClF2/c7-4-1-2-5(8)6(9)3-4/h1,3H. The smallest absolute Gasteiger partial charge is 0.166 e. The lowest BCUT2D eigenvalue weighted by atomic mass is 10.3. The predicted molar refractivity (Wildman–Crippen MR) is 30.2 cm³/mol. The van der Waals surface area contributed by atoms with Gasteiger partial charge in [0, 0.05) is 11.1 Å². The first-order valence-electron chi connectivity index (χ1n) is 2.22. The van der Waals surface area contributed by atoms with Crippen LogP contribution < -0.4 is 0 Å². The molecule has 47 valence electrons. The van der Waals surface area contributed by atoms with Gasteiger partial charge in [-0.2, -0.15) is 0 Å². The Morgan fingerprint density at radius 2 is 2.11 bits per heavy atom. The number of benzene rings is 1. The maximum Gasteiger partial charge on any atom is 0.166 e. The molecule has 0 amide bonds. The Hall–Kier alpha value is -0.630. The fraction of sp³-hybridized carbons (Fsp3) is 0. The molecule has 0 unspecified atom stereocenters. The molecule has 0 aliphatic carbocycles. The Bertz CT molecular complexity index is 222. The van der Waals surface area contributed by atoms with E-state index in [4.69, 9.17) is 11.6 Å². The summed E-state index contributed by atoms with van der Waals surface area (Å²) in [6, 6.07) is 4.06. The summed E-state index contributed by atoms with van der Waals surface area (Å²) in [5, 5.41) is 0.147. The molecule has 0 spiro atoms. The Morgan fingerprint density at radius 1 is 1.44 bits per heavy atom. The zero-order valence-corrected chi connectivity index (χ0v) is 5.04. The first-order valence-corrected chi connectivity index (χ1v) is 2.60. The van der Waals surface area contributed by atoms with Crippen LogP contribution in [0.5, 0.6) is 0 Å². The van der Waals surface area contributed by atoms with Gasteiger partial charge in [-0.1, -0.05) is 11.6 Å². The molecule has 0 aromatic heterocycles. The lowest BCUT2D eigenvalue weighted by Crippen LogP contribution is -1.80. The van der Waals surface area contributed by atoms with Gasteiger partial charge < -0.3 is 0 Å². The highest BCUT2D eigenvalue weighted by Gasteiger charge is 1.99. The molecule has 0 aliphatic rings. The van der Waals surface area contributed by atoms with Crippen molar-refractivity contribution in [1.29, 1.82) is 0 Å². The van der Waals surface area contributed by atoms with Gasteiger partial charge in [-0.05, 0) is 12.1 Å². The third kappa shape index (κ3) is 1.39. The molecule has 1 aromatic carbocycles. The molecule has 0 saturated carbocycles. The summed E-state index contributed by atoms with van der Waals surface area (Å²) in [5.41, 5.74) is 0. The Balaban J connectivity index is 3.17. The third-order valence-corrected chi connectivity index (χ3v) is 1.03. The minimum atomic E-state index is -1.00. The summed E-state index contributed by atoms with van der Waals surface area (Å²) in [4.78, 5) is 0. The molecule has 0 saturated heterocycles. The summed E-state index contributed by atoms with van der Waals surface area (Å²) >= 11 is 5.28. The fourth-order valence-electron chi connectivity index (χ4n) is 0.427. The summed E-state index contributed by atoms with van der Waals surface area (Å²) in [7, 11) is 0. The van der Waals surface area contributed by atoms with Gasteiger partial charge in [0.05, 0.1) is 0 Å². The van der Waals surface area contributed by atoms with E-state index in [-0.39, 0.29) is 5.02 Å². The van der Waals surface area contributed by atoms with Crippen LogP contribution in [0.3, 0.4) is 0 Å². The molecule has 0 N–H and O–H groups in total. The normalized spacial score (nSPS) is 9.67. The highest BCUT2D eigenvalue weighted by Crippen LogP contribution is 2.11. The van der Waals surface area contributed by atoms with Crippen molar-refractivity contribution in [3.05, 3.63) is 34.9 Å². The van der Waals surface area contributed by atoms with Crippen LogP contribution in [0.1, 0.15) is 0 Å². The molecule has 0 aliphatic heterocycles. The largest absolute Gasteiger partial charge is 0.204 e. The van der Waals surface area contributed by atoms with E-state index < -0.39 is 11.6 Å². The molecule has 1 rings (SSSR count). The second-order valence-electron chi connectivity index (χ2n) is 1.48. The van der Waals surface area contributed by atoms with Gasteiger partial charge in [-0.3, -0.25) is 0 Å². The van der Waals surface area contributed by atoms with Gasteiger partial charge >= 0.3 is 0 Å². The van der Waals surface area contributed by atoms with Crippen LogP contribution in [-0.2, 0) is 0 Å². The van der Waals surface area contributed by atoms with Crippen LogP contribution in [0.2, 0.25) is 5.02 Å². The lowest BCUT2D eigenvalue weighted by Gasteiger charge is -1.89. The molecule has 0 fully saturated rings. The van der Waals surface area contributed by atoms with Gasteiger partial charge in [0.1, 0.15) is 0 Å². The van der Waals surface area contributed by atoms with Crippen LogP contribution in [0.15, 0.2) is 12.1 Å². The Morgan fingerprint density at radius 3 is 2.56 bits per heavy atom. The molecule has 3 heteroatoms. The van der Waals surface area contributed by atoms with Gasteiger partial charge in [0.25, 0.3) is 0 Å². The summed E-state index contributed by atoms with van der Waals surface area (Å²) in [6.45, 7) is 0. The second kappa shape index (κ2) is 2.31. The zero-order chi connectivity index (χ0) is 6.85. The lowest BCUT2D eigenvalue weighted by molar-refractivity contribution is 0.507. The van der Waals surface area contributed by atoms with Gasteiger partial charge in [-0.25, -0.2) is 8.78 Å². The van der Waals surface area contributed by atoms with E-state index in [1.165, 1.54) is 6.07 Å². The maximum absolute atomic E-state index is 12.1. The summed E-state index contributed by atoms with van der Waals surface area (Å²) < 4.78 is 24.1. The zero-order valence-electron chi connectivity index (χ0n) is 4.29. The highest BCUT2D eigenvalue weighted by molar-refractivity contribution is 6.30. The van der Waals surface area contributed by atoms with Gasteiger partial charge in [0.15, 0.2) is 11.6 Å². The minimum Gasteiger partial charge on any atom is -0.204 e. The highest BCUT2D eigenvalue weighted by atomic mass is 35.5. The summed E-state index contributed by atoms with van der Waals surface area (Å²) in [5.74, 6) is -1.97. The average molecular weight is 148 g/mol. The maximum atomic E-state index is 12.1. The molecule has 9 heavy (non-hydrogen) atoms. The average Bonchev–Trinajstić information content (AvgIpc) is 1.80. The first-order chi connectivity index (χ1) is 4.20. The number of hydrogen-bond acceptors (Lipinski definition) is 0. The molecule has 1 aromatic rings. The van der Waals surface area contributed by atoms with Crippen LogP contribution >= 0.6 is 11.6 Å². The van der Waals surface area contributed by atoms with Crippen molar-refractivity contribution in [2.45, 2.75) is 0 Å². The predicted octanol–water partition coefficient (Wildman–Crippen LogP) is 2.42.